The van der Waals surface area contributed by atoms with Gasteiger partial charge in [-0.05, 0) is 6.92 Å². The van der Waals surface area contributed by atoms with Gasteiger partial charge >= 0.3 is 12.1 Å². The second-order valence-corrected chi connectivity index (χ2v) is 6.33. The maximum Gasteiger partial charge on any atom is 0.407 e. The van der Waals surface area contributed by atoms with Crippen LogP contribution >= 0.6 is 0 Å². The Balaban J connectivity index is 2.11. The van der Waals surface area contributed by atoms with Crippen LogP contribution in [-0.2, 0) is 24.3 Å². The minimum atomic E-state index is -2.65. The van der Waals surface area contributed by atoms with E-state index in [0.717, 1.165) is 9.58 Å². The van der Waals surface area contributed by atoms with Crippen LogP contribution < -0.4 is 0 Å². The predicted molar refractivity (Wildman–Crippen MR) is 77.4 cm³/mol. The van der Waals surface area contributed by atoms with Crippen molar-refractivity contribution in [2.75, 3.05) is 13.6 Å². The minimum absolute atomic E-state index is 0.0346. The van der Waals surface area contributed by atoms with Gasteiger partial charge in [-0.1, -0.05) is 0 Å². The fraction of sp³-hybridized carbons (Fsp3) is 0.571. The molecular weight excluding hydrogens is 323 g/mol. The summed E-state index contributed by atoms with van der Waals surface area (Å²) in [6.45, 7) is 0.486. The van der Waals surface area contributed by atoms with Crippen molar-refractivity contribution < 1.29 is 29.0 Å². The van der Waals surface area contributed by atoms with Gasteiger partial charge in [-0.25, -0.2) is 14.0 Å². The first kappa shape index (κ1) is 16.2. The first-order chi connectivity index (χ1) is 11.1. The van der Waals surface area contributed by atoms with E-state index in [0.29, 0.717) is 11.3 Å². The van der Waals surface area contributed by atoms with Crippen molar-refractivity contribution >= 4 is 18.0 Å². The number of halogens is 1. The van der Waals surface area contributed by atoms with Gasteiger partial charge in [0.15, 0.2) is 0 Å². The molecule has 24 heavy (non-hydrogen) atoms. The Bertz CT molecular complexity index is 748. The normalized spacial score (nSPS) is 26.6. The molecule has 0 aromatic carbocycles. The topological polar surface area (TPSA) is 116 Å². The van der Waals surface area contributed by atoms with Crippen LogP contribution in [0.15, 0.2) is 0 Å². The van der Waals surface area contributed by atoms with E-state index < -0.39 is 36.7 Å². The van der Waals surface area contributed by atoms with E-state index in [4.69, 9.17) is 0 Å². The summed E-state index contributed by atoms with van der Waals surface area (Å²) in [4.78, 5) is 37.4. The first-order valence-electron chi connectivity index (χ1n) is 7.40. The average molecular weight is 340 g/mol. The largest absolute Gasteiger partial charge is 0.479 e. The molecule has 2 aliphatic heterocycles. The fourth-order valence-electron chi connectivity index (χ4n) is 3.26. The van der Waals surface area contributed by atoms with Gasteiger partial charge < -0.3 is 20.0 Å². The van der Waals surface area contributed by atoms with Crippen LogP contribution in [-0.4, -0.2) is 73.1 Å². The molecule has 3 heterocycles. The lowest BCUT2D eigenvalue weighted by Crippen LogP contribution is -2.46. The number of rotatable bonds is 1. The number of carbonyl (C=O) groups excluding carboxylic acids is 1. The molecule has 0 bridgehead atoms. The third-order valence-electron chi connectivity index (χ3n) is 4.55. The highest BCUT2D eigenvalue weighted by Gasteiger charge is 2.47. The number of hydrogen-bond acceptors (Lipinski definition) is 4. The van der Waals surface area contributed by atoms with E-state index in [-0.39, 0.29) is 24.7 Å². The lowest BCUT2D eigenvalue weighted by atomic mass is 10.00. The molecule has 2 N–H and O–H groups in total. The molecule has 0 aliphatic carbocycles. The molecule has 2 aliphatic rings. The van der Waals surface area contributed by atoms with Gasteiger partial charge in [-0.15, -0.1) is 0 Å². The Kier molecular flexibility index (Phi) is 3.50. The lowest BCUT2D eigenvalue weighted by molar-refractivity contribution is -0.152. The van der Waals surface area contributed by atoms with E-state index in [9.17, 15) is 29.0 Å². The monoisotopic (exact) mass is 340 g/mol. The van der Waals surface area contributed by atoms with Gasteiger partial charge in [-0.2, -0.15) is 5.10 Å². The molecule has 10 heteroatoms. The summed E-state index contributed by atoms with van der Waals surface area (Å²) in [5.41, 5.74) is -1.66. The van der Waals surface area contributed by atoms with E-state index in [1.54, 1.807) is 6.92 Å². The van der Waals surface area contributed by atoms with Crippen LogP contribution in [0, 0.1) is 0 Å². The van der Waals surface area contributed by atoms with E-state index in [1.165, 1.54) is 11.9 Å². The number of amides is 2. The van der Waals surface area contributed by atoms with Crippen LogP contribution in [0.4, 0.5) is 9.18 Å². The Hall–Kier alpha value is -2.65. The number of carbonyl (C=O) groups is 3. The Morgan fingerprint density at radius 3 is 2.58 bits per heavy atom. The number of aliphatic carboxylic acids is 1. The van der Waals surface area contributed by atoms with Gasteiger partial charge in [0, 0.05) is 25.1 Å². The Labute approximate surface area is 136 Å². The summed E-state index contributed by atoms with van der Waals surface area (Å²) < 4.78 is 15.8. The standard InChI is InChI=1S/C14H17FN4O5/c1-7-3-9-8(4-18(7)13(23)24)10-11(20)17(2)5-14(15,12(21)22)6-19(10)16-9/h7H,3-6H2,1-2H3,(H,21,22)(H,23,24)/t7-,14?/m1/s1. The van der Waals surface area contributed by atoms with Crippen molar-refractivity contribution in [3.63, 3.8) is 0 Å². The highest BCUT2D eigenvalue weighted by molar-refractivity contribution is 5.95. The van der Waals surface area contributed by atoms with Crippen LogP contribution in [0.25, 0.3) is 0 Å². The van der Waals surface area contributed by atoms with Gasteiger partial charge in [0.1, 0.15) is 5.69 Å². The number of hydrogen-bond donors (Lipinski definition) is 2. The molecule has 3 rings (SSSR count). The molecule has 0 radical (unpaired) electrons. The zero-order valence-corrected chi connectivity index (χ0v) is 13.2. The quantitative estimate of drug-likeness (QED) is 0.754. The third-order valence-corrected chi connectivity index (χ3v) is 4.55. The van der Waals surface area contributed by atoms with Crippen LogP contribution in [0.5, 0.6) is 0 Å². The molecule has 1 unspecified atom stereocenters. The zero-order chi connectivity index (χ0) is 17.8. The first-order valence-corrected chi connectivity index (χ1v) is 7.40. The number of carboxylic acids is 1. The molecule has 130 valence electrons. The number of carboxylic acid groups (broad SMARTS) is 2. The summed E-state index contributed by atoms with van der Waals surface area (Å²) in [6.07, 6.45) is -0.835. The molecular formula is C14H17FN4O5. The smallest absolute Gasteiger partial charge is 0.407 e. The van der Waals surface area contributed by atoms with E-state index in [2.05, 4.69) is 5.10 Å². The summed E-state index contributed by atoms with van der Waals surface area (Å²) >= 11 is 0. The molecule has 2 atom stereocenters. The van der Waals surface area contributed by atoms with Gasteiger partial charge in [-0.3, -0.25) is 9.48 Å². The van der Waals surface area contributed by atoms with Crippen molar-refractivity contribution in [3.05, 3.63) is 17.0 Å². The van der Waals surface area contributed by atoms with Crippen LogP contribution in [0.2, 0.25) is 0 Å². The molecule has 0 saturated carbocycles. The molecule has 1 aromatic rings. The van der Waals surface area contributed by atoms with E-state index in [1.807, 2.05) is 0 Å². The number of fused-ring (bicyclic) bond motifs is 3. The maximum absolute atomic E-state index is 14.7. The summed E-state index contributed by atoms with van der Waals surface area (Å²) in [7, 11) is 1.31. The van der Waals surface area contributed by atoms with Crippen LogP contribution in [0.1, 0.15) is 28.7 Å². The molecule has 9 nitrogen and oxygen atoms in total. The minimum Gasteiger partial charge on any atom is -0.479 e. The Morgan fingerprint density at radius 2 is 2.00 bits per heavy atom. The molecule has 0 spiro atoms. The highest BCUT2D eigenvalue weighted by Crippen LogP contribution is 2.30. The third kappa shape index (κ3) is 2.29. The average Bonchev–Trinajstić information content (AvgIpc) is 2.76. The van der Waals surface area contributed by atoms with Crippen molar-refractivity contribution in [1.82, 2.24) is 19.6 Å². The second-order valence-electron chi connectivity index (χ2n) is 6.33. The second kappa shape index (κ2) is 5.18. The number of alkyl halides is 1. The number of aromatic nitrogens is 2. The number of nitrogens with zero attached hydrogens (tertiary/aromatic N) is 4. The van der Waals surface area contributed by atoms with Gasteiger partial charge in [0.2, 0.25) is 5.67 Å². The summed E-state index contributed by atoms with van der Waals surface area (Å²) in [6, 6.07) is -0.337. The lowest BCUT2D eigenvalue weighted by Gasteiger charge is -2.30. The predicted octanol–water partition coefficient (Wildman–Crippen LogP) is 0.186. The Morgan fingerprint density at radius 1 is 1.33 bits per heavy atom. The van der Waals surface area contributed by atoms with Crippen LogP contribution in [0.3, 0.4) is 0 Å². The fourth-order valence-corrected chi connectivity index (χ4v) is 3.26. The van der Waals surface area contributed by atoms with E-state index >= 15 is 0 Å². The zero-order valence-electron chi connectivity index (χ0n) is 13.2. The van der Waals surface area contributed by atoms with Gasteiger partial charge in [0.25, 0.3) is 5.91 Å². The van der Waals surface area contributed by atoms with Gasteiger partial charge in [0.05, 0.1) is 25.3 Å². The van der Waals surface area contributed by atoms with Crippen molar-refractivity contribution in [1.29, 1.82) is 0 Å². The maximum atomic E-state index is 14.7. The molecule has 2 amide bonds. The van der Waals surface area contributed by atoms with Crippen molar-refractivity contribution in [3.8, 4) is 0 Å². The van der Waals surface area contributed by atoms with Crippen molar-refractivity contribution in [2.45, 2.75) is 38.1 Å². The SMILES string of the molecule is C[C@@H]1Cc2nn3c(c2CN1C(=O)O)C(=O)N(C)CC(F)(C(=O)O)C3. The molecule has 0 fully saturated rings. The molecule has 0 saturated heterocycles. The van der Waals surface area contributed by atoms with Crippen molar-refractivity contribution in [2.24, 2.45) is 0 Å². The summed E-state index contributed by atoms with van der Waals surface area (Å²) in [5.74, 6) is -2.23. The molecule has 1 aromatic heterocycles. The summed E-state index contributed by atoms with van der Waals surface area (Å²) in [5, 5.41) is 22.6. The highest BCUT2D eigenvalue weighted by atomic mass is 19.1.